The molecule has 1 aliphatic heterocycles. The van der Waals surface area contributed by atoms with Gasteiger partial charge in [-0.05, 0) is 31.3 Å². The maximum Gasteiger partial charge on any atom is 0.223 e. The Morgan fingerprint density at radius 1 is 1.22 bits per heavy atom. The first-order valence-corrected chi connectivity index (χ1v) is 7.79. The van der Waals surface area contributed by atoms with Crippen LogP contribution in [-0.4, -0.2) is 53.9 Å². The van der Waals surface area contributed by atoms with Gasteiger partial charge in [-0.2, -0.15) is 0 Å². The molecular weight excluding hydrogens is 297 g/mol. The van der Waals surface area contributed by atoms with Crippen molar-refractivity contribution in [3.63, 3.8) is 0 Å². The average molecular weight is 317 g/mol. The third-order valence-corrected chi connectivity index (χ3v) is 4.09. The van der Waals surface area contributed by atoms with Gasteiger partial charge in [-0.3, -0.25) is 4.79 Å². The second-order valence-electron chi connectivity index (χ2n) is 5.81. The summed E-state index contributed by atoms with van der Waals surface area (Å²) in [6.45, 7) is 3.39. The zero-order valence-electron chi connectivity index (χ0n) is 13.2. The maximum absolute atomic E-state index is 12.9. The number of aryl methyl sites for hydroxylation is 1. The van der Waals surface area contributed by atoms with Crippen molar-refractivity contribution in [2.75, 3.05) is 33.2 Å². The van der Waals surface area contributed by atoms with Crippen LogP contribution in [0.2, 0.25) is 0 Å². The van der Waals surface area contributed by atoms with Crippen molar-refractivity contribution in [3.8, 4) is 11.3 Å². The minimum Gasteiger partial charge on any atom is -0.441 e. The Hall–Kier alpha value is -2.21. The molecule has 1 aromatic carbocycles. The molecule has 1 fully saturated rings. The number of carbonyl (C=O) groups excluding carboxylic acids is 1. The maximum atomic E-state index is 12.9. The Bertz CT molecular complexity index is 661. The molecule has 1 saturated heterocycles. The number of piperazine rings is 1. The van der Waals surface area contributed by atoms with E-state index in [1.54, 1.807) is 18.3 Å². The summed E-state index contributed by atoms with van der Waals surface area (Å²) in [5.74, 6) is 0.977. The van der Waals surface area contributed by atoms with Crippen LogP contribution in [0, 0.1) is 5.82 Å². The van der Waals surface area contributed by atoms with Crippen LogP contribution in [0.5, 0.6) is 0 Å². The van der Waals surface area contributed by atoms with Crippen LogP contribution in [0.15, 0.2) is 34.9 Å². The van der Waals surface area contributed by atoms with Gasteiger partial charge >= 0.3 is 0 Å². The van der Waals surface area contributed by atoms with E-state index < -0.39 is 0 Å². The number of halogens is 1. The van der Waals surface area contributed by atoms with Crippen molar-refractivity contribution in [2.24, 2.45) is 0 Å². The largest absolute Gasteiger partial charge is 0.441 e. The highest BCUT2D eigenvalue weighted by Crippen LogP contribution is 2.21. The second-order valence-corrected chi connectivity index (χ2v) is 5.81. The first-order chi connectivity index (χ1) is 11.1. The lowest BCUT2D eigenvalue weighted by molar-refractivity contribution is -0.132. The van der Waals surface area contributed by atoms with Crippen LogP contribution in [0.1, 0.15) is 12.3 Å². The summed E-state index contributed by atoms with van der Waals surface area (Å²) in [5.41, 5.74) is 0.774. The number of hydrogen-bond donors (Lipinski definition) is 0. The van der Waals surface area contributed by atoms with Crippen LogP contribution in [0.25, 0.3) is 11.3 Å². The first-order valence-electron chi connectivity index (χ1n) is 7.79. The molecule has 1 aromatic heterocycles. The molecular formula is C17H20FN3O2. The number of benzene rings is 1. The Morgan fingerprint density at radius 2 is 1.91 bits per heavy atom. The Kier molecular flexibility index (Phi) is 4.71. The molecule has 3 rings (SSSR count). The van der Waals surface area contributed by atoms with Gasteiger partial charge in [0.05, 0.1) is 6.20 Å². The molecule has 0 radical (unpaired) electrons. The van der Waals surface area contributed by atoms with Crippen LogP contribution in [0.3, 0.4) is 0 Å². The van der Waals surface area contributed by atoms with Crippen LogP contribution in [-0.2, 0) is 11.2 Å². The Balaban J connectivity index is 1.55. The minimum atomic E-state index is -0.286. The molecule has 0 N–H and O–H groups in total. The van der Waals surface area contributed by atoms with Crippen LogP contribution >= 0.6 is 0 Å². The number of likely N-dealkylation sites (N-methyl/N-ethyl adjacent to an activating group) is 1. The van der Waals surface area contributed by atoms with Gasteiger partial charge in [0.25, 0.3) is 0 Å². The Morgan fingerprint density at radius 3 is 2.61 bits per heavy atom. The summed E-state index contributed by atoms with van der Waals surface area (Å²) >= 11 is 0. The predicted octanol–water partition coefficient (Wildman–Crippen LogP) is 2.19. The summed E-state index contributed by atoms with van der Waals surface area (Å²) in [6.07, 6.45) is 2.49. The molecule has 0 spiro atoms. The molecule has 1 aliphatic rings. The van der Waals surface area contributed by atoms with Gasteiger partial charge < -0.3 is 14.2 Å². The van der Waals surface area contributed by atoms with Gasteiger partial charge in [-0.15, -0.1) is 0 Å². The molecule has 0 unspecified atom stereocenters. The summed E-state index contributed by atoms with van der Waals surface area (Å²) in [5, 5.41) is 0. The second kappa shape index (κ2) is 6.91. The molecule has 5 nitrogen and oxygen atoms in total. The van der Waals surface area contributed by atoms with Gasteiger partial charge in [0.1, 0.15) is 5.82 Å². The van der Waals surface area contributed by atoms with Gasteiger partial charge in [0, 0.05) is 44.6 Å². The van der Waals surface area contributed by atoms with Crippen LogP contribution < -0.4 is 0 Å². The lowest BCUT2D eigenvalue weighted by Gasteiger charge is -2.32. The number of aromatic nitrogens is 1. The fraction of sp³-hybridized carbons (Fsp3) is 0.412. The quantitative estimate of drug-likeness (QED) is 0.867. The molecule has 122 valence electrons. The lowest BCUT2D eigenvalue weighted by atomic mass is 10.2. The van der Waals surface area contributed by atoms with Crippen molar-refractivity contribution >= 4 is 5.91 Å². The number of oxazole rings is 1. The number of amides is 1. The predicted molar refractivity (Wildman–Crippen MR) is 84.3 cm³/mol. The summed E-state index contributed by atoms with van der Waals surface area (Å²) in [6, 6.07) is 6.06. The van der Waals surface area contributed by atoms with E-state index in [-0.39, 0.29) is 11.7 Å². The van der Waals surface area contributed by atoms with Crippen molar-refractivity contribution in [2.45, 2.75) is 12.8 Å². The van der Waals surface area contributed by atoms with Gasteiger partial charge in [0.15, 0.2) is 11.7 Å². The molecule has 2 aromatic rings. The molecule has 1 amide bonds. The van der Waals surface area contributed by atoms with E-state index in [2.05, 4.69) is 16.9 Å². The fourth-order valence-electron chi connectivity index (χ4n) is 2.60. The molecule has 0 aliphatic carbocycles. The number of rotatable bonds is 4. The standard InChI is InChI=1S/C17H20FN3O2/c1-20-8-10-21(11-9-20)17(22)7-6-16-19-12-15(23-16)13-2-4-14(18)5-3-13/h2-5,12H,6-11H2,1H3. The highest BCUT2D eigenvalue weighted by atomic mass is 19.1. The van der Waals surface area contributed by atoms with Gasteiger partial charge in [-0.25, -0.2) is 9.37 Å². The van der Waals surface area contributed by atoms with Crippen molar-refractivity contribution in [3.05, 3.63) is 42.2 Å². The van der Waals surface area contributed by atoms with E-state index in [0.717, 1.165) is 31.7 Å². The average Bonchev–Trinajstić information content (AvgIpc) is 3.03. The van der Waals surface area contributed by atoms with Gasteiger partial charge in [-0.1, -0.05) is 0 Å². The first kappa shape index (κ1) is 15.7. The highest BCUT2D eigenvalue weighted by molar-refractivity contribution is 5.76. The molecule has 0 atom stereocenters. The normalized spacial score (nSPS) is 15.8. The number of hydrogen-bond acceptors (Lipinski definition) is 4. The third-order valence-electron chi connectivity index (χ3n) is 4.09. The monoisotopic (exact) mass is 317 g/mol. The fourth-order valence-corrected chi connectivity index (χ4v) is 2.60. The molecule has 2 heterocycles. The van der Waals surface area contributed by atoms with E-state index in [0.29, 0.717) is 24.5 Å². The van der Waals surface area contributed by atoms with Gasteiger partial charge in [0.2, 0.25) is 5.91 Å². The molecule has 6 heteroatoms. The lowest BCUT2D eigenvalue weighted by Crippen LogP contribution is -2.47. The summed E-state index contributed by atoms with van der Waals surface area (Å²) in [4.78, 5) is 20.5. The smallest absolute Gasteiger partial charge is 0.223 e. The number of carbonyl (C=O) groups is 1. The van der Waals surface area contributed by atoms with Crippen molar-refractivity contribution < 1.29 is 13.6 Å². The van der Waals surface area contributed by atoms with E-state index >= 15 is 0 Å². The van der Waals surface area contributed by atoms with E-state index in [9.17, 15) is 9.18 Å². The molecule has 23 heavy (non-hydrogen) atoms. The zero-order valence-corrected chi connectivity index (χ0v) is 13.2. The third kappa shape index (κ3) is 3.96. The van der Waals surface area contributed by atoms with Crippen molar-refractivity contribution in [1.29, 1.82) is 0 Å². The highest BCUT2D eigenvalue weighted by Gasteiger charge is 2.19. The van der Waals surface area contributed by atoms with Crippen LogP contribution in [0.4, 0.5) is 4.39 Å². The van der Waals surface area contributed by atoms with E-state index in [1.807, 2.05) is 4.90 Å². The minimum absolute atomic E-state index is 0.139. The summed E-state index contributed by atoms with van der Waals surface area (Å²) in [7, 11) is 2.06. The number of nitrogens with zero attached hydrogens (tertiary/aromatic N) is 3. The van der Waals surface area contributed by atoms with E-state index in [1.165, 1.54) is 12.1 Å². The molecule has 0 saturated carbocycles. The zero-order chi connectivity index (χ0) is 16.2. The van der Waals surface area contributed by atoms with E-state index in [4.69, 9.17) is 4.42 Å². The Labute approximate surface area is 134 Å². The molecule has 0 bridgehead atoms. The summed E-state index contributed by atoms with van der Waals surface area (Å²) < 4.78 is 18.6. The van der Waals surface area contributed by atoms with Crippen molar-refractivity contribution in [1.82, 2.24) is 14.8 Å². The SMILES string of the molecule is CN1CCN(C(=O)CCc2ncc(-c3ccc(F)cc3)o2)CC1. The topological polar surface area (TPSA) is 49.6 Å².